The third kappa shape index (κ3) is 17.0. The summed E-state index contributed by atoms with van der Waals surface area (Å²) in [5.41, 5.74) is 0.532. The van der Waals surface area contributed by atoms with E-state index < -0.39 is 15.4 Å². The molecule has 1 amide bonds. The lowest BCUT2D eigenvalue weighted by Gasteiger charge is -2.10. The van der Waals surface area contributed by atoms with Crippen LogP contribution in [0.5, 0.6) is 0 Å². The number of amides is 1. The zero-order valence-electron chi connectivity index (χ0n) is 17.5. The number of hydrogen-bond donors (Lipinski definition) is 2. The fraction of sp³-hybridized carbons (Fsp3) is 0.857. The SMILES string of the molecule is C=C1NC1=O.CCCCCCCCCCCCCCCC(CC)S(=O)(=O)O. The molecular formula is C21H41NO4S. The zero-order chi connectivity index (χ0) is 20.5. The maximum atomic E-state index is 11.1. The third-order valence-corrected chi connectivity index (χ3v) is 6.39. The molecule has 6 heteroatoms. The summed E-state index contributed by atoms with van der Waals surface area (Å²) in [5.74, 6) is -0.0231. The second kappa shape index (κ2) is 16.1. The Labute approximate surface area is 167 Å². The Bertz CT molecular complexity index is 490. The summed E-state index contributed by atoms with van der Waals surface area (Å²) in [5, 5.41) is 1.81. The van der Waals surface area contributed by atoms with Crippen LogP contribution < -0.4 is 5.32 Å². The maximum absolute atomic E-state index is 11.1. The van der Waals surface area contributed by atoms with Crippen molar-refractivity contribution in [1.82, 2.24) is 5.32 Å². The van der Waals surface area contributed by atoms with Gasteiger partial charge in [0.05, 0.1) is 10.9 Å². The number of carbonyl (C=O) groups is 1. The van der Waals surface area contributed by atoms with Crippen molar-refractivity contribution in [2.75, 3.05) is 0 Å². The summed E-state index contributed by atoms with van der Waals surface area (Å²) in [6.45, 7) is 7.36. The summed E-state index contributed by atoms with van der Waals surface area (Å²) >= 11 is 0. The highest BCUT2D eigenvalue weighted by molar-refractivity contribution is 7.86. The average Bonchev–Trinajstić information content (AvgIpc) is 3.26. The van der Waals surface area contributed by atoms with Crippen molar-refractivity contribution in [3.05, 3.63) is 12.3 Å². The van der Waals surface area contributed by atoms with Crippen molar-refractivity contribution in [3.8, 4) is 0 Å². The molecule has 1 unspecified atom stereocenters. The molecule has 1 aliphatic heterocycles. The van der Waals surface area contributed by atoms with Crippen molar-refractivity contribution >= 4 is 16.0 Å². The normalized spacial score (nSPS) is 14.3. The van der Waals surface area contributed by atoms with Gasteiger partial charge >= 0.3 is 0 Å². The van der Waals surface area contributed by atoms with Crippen molar-refractivity contribution in [2.24, 2.45) is 0 Å². The molecule has 5 nitrogen and oxygen atoms in total. The van der Waals surface area contributed by atoms with Crippen molar-refractivity contribution in [1.29, 1.82) is 0 Å². The van der Waals surface area contributed by atoms with Gasteiger partial charge < -0.3 is 5.32 Å². The van der Waals surface area contributed by atoms with Gasteiger partial charge in [-0.25, -0.2) is 0 Å². The minimum Gasteiger partial charge on any atom is -0.317 e. The smallest absolute Gasteiger partial charge is 0.271 e. The van der Waals surface area contributed by atoms with Gasteiger partial charge in [-0.3, -0.25) is 9.35 Å². The van der Waals surface area contributed by atoms with Gasteiger partial charge in [-0.15, -0.1) is 0 Å². The minimum atomic E-state index is -3.83. The molecule has 0 aliphatic carbocycles. The van der Waals surface area contributed by atoms with Gasteiger partial charge in [-0.2, -0.15) is 8.42 Å². The van der Waals surface area contributed by atoms with Crippen LogP contribution in [0.2, 0.25) is 0 Å². The van der Waals surface area contributed by atoms with Crippen LogP contribution >= 0.6 is 0 Å². The van der Waals surface area contributed by atoms with E-state index in [-0.39, 0.29) is 5.91 Å². The molecule has 0 spiro atoms. The van der Waals surface area contributed by atoms with Gasteiger partial charge in [0.2, 0.25) is 0 Å². The Kier molecular flexibility index (Phi) is 15.6. The maximum Gasteiger partial charge on any atom is 0.271 e. The number of rotatable bonds is 16. The van der Waals surface area contributed by atoms with Crippen molar-refractivity contribution in [2.45, 2.75) is 115 Å². The molecule has 1 fully saturated rings. The number of unbranched alkanes of at least 4 members (excludes halogenated alkanes) is 12. The van der Waals surface area contributed by atoms with E-state index in [0.29, 0.717) is 18.5 Å². The highest BCUT2D eigenvalue weighted by Crippen LogP contribution is 2.16. The van der Waals surface area contributed by atoms with E-state index in [1.807, 2.05) is 6.92 Å². The largest absolute Gasteiger partial charge is 0.317 e. The summed E-state index contributed by atoms with van der Waals surface area (Å²) < 4.78 is 31.2. The van der Waals surface area contributed by atoms with E-state index in [9.17, 15) is 13.2 Å². The second-order valence-electron chi connectivity index (χ2n) is 7.51. The number of carbonyl (C=O) groups excluding carboxylic acids is 1. The Balaban J connectivity index is 0.00000115. The molecule has 0 saturated carbocycles. The summed E-state index contributed by atoms with van der Waals surface area (Å²) in [6.07, 6.45) is 17.9. The lowest BCUT2D eigenvalue weighted by molar-refractivity contribution is -0.109. The lowest BCUT2D eigenvalue weighted by Crippen LogP contribution is -2.19. The first-order valence-electron chi connectivity index (χ1n) is 10.8. The zero-order valence-corrected chi connectivity index (χ0v) is 18.3. The van der Waals surface area contributed by atoms with Crippen molar-refractivity contribution in [3.63, 3.8) is 0 Å². The predicted molar refractivity (Wildman–Crippen MR) is 113 cm³/mol. The average molecular weight is 404 g/mol. The van der Waals surface area contributed by atoms with Crippen LogP contribution in [0.3, 0.4) is 0 Å². The van der Waals surface area contributed by atoms with Crippen LogP contribution in [0, 0.1) is 0 Å². The molecule has 0 aromatic carbocycles. The fourth-order valence-corrected chi connectivity index (χ4v) is 3.95. The van der Waals surface area contributed by atoms with Gasteiger partial charge in [0.15, 0.2) is 0 Å². The van der Waals surface area contributed by atoms with Gasteiger partial charge in [0, 0.05) is 0 Å². The molecule has 27 heavy (non-hydrogen) atoms. The Morgan fingerprint density at radius 3 is 1.44 bits per heavy atom. The standard InChI is InChI=1S/C18H38O3S.C3H3NO/c1-3-5-6-7-8-9-10-11-12-13-14-15-16-17-18(4-2)22(19,20)21;1-2-3(5)4-2/h18H,3-17H2,1-2H3,(H,19,20,21);1H2,(H,4,5). The van der Waals surface area contributed by atoms with Gasteiger partial charge in [0.25, 0.3) is 16.0 Å². The predicted octanol–water partition coefficient (Wildman–Crippen LogP) is 5.76. The first kappa shape index (κ1) is 26.1. The van der Waals surface area contributed by atoms with E-state index >= 15 is 0 Å². The van der Waals surface area contributed by atoms with Crippen LogP contribution in [0.1, 0.15) is 110 Å². The van der Waals surface area contributed by atoms with Crippen LogP contribution in [0.4, 0.5) is 0 Å². The third-order valence-electron chi connectivity index (χ3n) is 4.98. The van der Waals surface area contributed by atoms with Gasteiger partial charge in [-0.1, -0.05) is 104 Å². The molecular weight excluding hydrogens is 362 g/mol. The summed E-state index contributed by atoms with van der Waals surface area (Å²) in [7, 11) is -3.83. The van der Waals surface area contributed by atoms with Gasteiger partial charge in [-0.05, 0) is 12.8 Å². The molecule has 0 radical (unpaired) electrons. The van der Waals surface area contributed by atoms with Gasteiger partial charge in [0.1, 0.15) is 0 Å². The fourth-order valence-electron chi connectivity index (χ4n) is 3.06. The Hall–Kier alpha value is -0.880. The molecule has 1 heterocycles. The lowest BCUT2D eigenvalue weighted by atomic mass is 10.0. The Morgan fingerprint density at radius 2 is 1.19 bits per heavy atom. The quantitative estimate of drug-likeness (QED) is 0.148. The number of hydrogen-bond acceptors (Lipinski definition) is 3. The van der Waals surface area contributed by atoms with E-state index in [4.69, 9.17) is 4.55 Å². The van der Waals surface area contributed by atoms with E-state index in [1.54, 1.807) is 0 Å². The molecule has 1 aliphatic rings. The second-order valence-corrected chi connectivity index (χ2v) is 9.21. The first-order chi connectivity index (χ1) is 12.8. The molecule has 1 rings (SSSR count). The molecule has 0 bridgehead atoms. The summed E-state index contributed by atoms with van der Waals surface area (Å²) in [4.78, 5) is 9.68. The highest BCUT2D eigenvalue weighted by atomic mass is 32.2. The van der Waals surface area contributed by atoms with Crippen LogP contribution in [0.25, 0.3) is 0 Å². The molecule has 160 valence electrons. The monoisotopic (exact) mass is 403 g/mol. The minimum absolute atomic E-state index is 0.0231. The molecule has 0 aromatic heterocycles. The molecule has 1 atom stereocenters. The molecule has 0 aromatic rings. The molecule has 1 saturated heterocycles. The molecule has 2 N–H and O–H groups in total. The first-order valence-corrected chi connectivity index (χ1v) is 12.3. The Morgan fingerprint density at radius 1 is 0.852 bits per heavy atom. The van der Waals surface area contributed by atoms with Crippen LogP contribution in [-0.2, 0) is 14.9 Å². The van der Waals surface area contributed by atoms with Crippen LogP contribution in [0.15, 0.2) is 12.3 Å². The summed E-state index contributed by atoms with van der Waals surface area (Å²) in [6, 6.07) is 0. The van der Waals surface area contributed by atoms with E-state index in [0.717, 1.165) is 12.8 Å². The number of nitrogens with one attached hydrogen (secondary N) is 1. The highest BCUT2D eigenvalue weighted by Gasteiger charge is 2.20. The van der Waals surface area contributed by atoms with E-state index in [1.165, 1.54) is 70.6 Å². The topological polar surface area (TPSA) is 93.4 Å². The van der Waals surface area contributed by atoms with Crippen molar-refractivity contribution < 1.29 is 17.8 Å². The van der Waals surface area contributed by atoms with Crippen LogP contribution in [-0.4, -0.2) is 24.1 Å². The van der Waals surface area contributed by atoms with E-state index in [2.05, 4.69) is 18.8 Å².